The fourth-order valence-electron chi connectivity index (χ4n) is 1.03. The molecule has 0 unspecified atom stereocenters. The summed E-state index contributed by atoms with van der Waals surface area (Å²) in [6.45, 7) is 0.792. The average molecular weight is 219 g/mol. The molecule has 2 nitrogen and oxygen atoms in total. The SMILES string of the molecule is CC(F)(F)c1ccc(N=CN)cc1Cl. The van der Waals surface area contributed by atoms with Crippen molar-refractivity contribution in [3.8, 4) is 0 Å². The molecule has 2 N–H and O–H groups in total. The predicted octanol–water partition coefficient (Wildman–Crippen LogP) is 3.07. The van der Waals surface area contributed by atoms with Crippen LogP contribution in [0.1, 0.15) is 12.5 Å². The molecule has 0 atom stereocenters. The van der Waals surface area contributed by atoms with E-state index in [0.717, 1.165) is 13.3 Å². The van der Waals surface area contributed by atoms with Gasteiger partial charge >= 0.3 is 0 Å². The number of rotatable bonds is 2. The fraction of sp³-hybridized carbons (Fsp3) is 0.222. The number of alkyl halides is 2. The molecular weight excluding hydrogens is 210 g/mol. The molecule has 0 heterocycles. The Kier molecular flexibility index (Phi) is 3.06. The van der Waals surface area contributed by atoms with E-state index in [4.69, 9.17) is 17.3 Å². The van der Waals surface area contributed by atoms with Gasteiger partial charge < -0.3 is 5.73 Å². The second-order valence-electron chi connectivity index (χ2n) is 2.83. The van der Waals surface area contributed by atoms with Crippen LogP contribution in [0.25, 0.3) is 0 Å². The van der Waals surface area contributed by atoms with Crippen molar-refractivity contribution in [2.45, 2.75) is 12.8 Å². The minimum atomic E-state index is -2.94. The van der Waals surface area contributed by atoms with E-state index in [1.807, 2.05) is 0 Å². The first-order valence-corrected chi connectivity index (χ1v) is 4.25. The lowest BCUT2D eigenvalue weighted by atomic mass is 10.1. The van der Waals surface area contributed by atoms with E-state index in [-0.39, 0.29) is 10.6 Å². The molecule has 0 aliphatic carbocycles. The van der Waals surface area contributed by atoms with Crippen molar-refractivity contribution in [2.24, 2.45) is 10.7 Å². The van der Waals surface area contributed by atoms with Gasteiger partial charge in [0.15, 0.2) is 0 Å². The van der Waals surface area contributed by atoms with E-state index in [1.54, 1.807) is 0 Å². The maximum absolute atomic E-state index is 12.9. The van der Waals surface area contributed by atoms with Crippen molar-refractivity contribution in [1.82, 2.24) is 0 Å². The molecule has 1 aromatic rings. The zero-order valence-corrected chi connectivity index (χ0v) is 8.22. The van der Waals surface area contributed by atoms with Gasteiger partial charge in [0.05, 0.1) is 17.0 Å². The van der Waals surface area contributed by atoms with Crippen molar-refractivity contribution >= 4 is 23.6 Å². The normalized spacial score (nSPS) is 12.3. The summed E-state index contributed by atoms with van der Waals surface area (Å²) in [4.78, 5) is 3.71. The standard InChI is InChI=1S/C9H9ClF2N2/c1-9(11,12)7-3-2-6(14-5-13)4-8(7)10/h2-5H,1H3,(H2,13,14). The number of halogens is 3. The van der Waals surface area contributed by atoms with Gasteiger partial charge in [-0.2, -0.15) is 0 Å². The lowest BCUT2D eigenvalue weighted by molar-refractivity contribution is 0.0176. The Bertz CT molecular complexity index is 358. The maximum Gasteiger partial charge on any atom is 0.271 e. The smallest absolute Gasteiger partial charge is 0.271 e. The predicted molar refractivity (Wildman–Crippen MR) is 53.4 cm³/mol. The van der Waals surface area contributed by atoms with Crippen molar-refractivity contribution in [3.05, 3.63) is 28.8 Å². The van der Waals surface area contributed by atoms with Crippen molar-refractivity contribution < 1.29 is 8.78 Å². The Labute approximate surface area is 85.4 Å². The van der Waals surface area contributed by atoms with Gasteiger partial charge in [-0.05, 0) is 18.2 Å². The molecule has 1 rings (SSSR count). The second-order valence-corrected chi connectivity index (χ2v) is 3.24. The molecule has 0 radical (unpaired) electrons. The molecular formula is C9H9ClF2N2. The fourth-order valence-corrected chi connectivity index (χ4v) is 1.37. The topological polar surface area (TPSA) is 38.4 Å². The summed E-state index contributed by atoms with van der Waals surface area (Å²) in [7, 11) is 0. The highest BCUT2D eigenvalue weighted by molar-refractivity contribution is 6.31. The maximum atomic E-state index is 12.9. The summed E-state index contributed by atoms with van der Waals surface area (Å²) in [5, 5.41) is -0.0133. The molecule has 0 amide bonds. The third-order valence-electron chi connectivity index (χ3n) is 1.65. The number of nitrogens with zero attached hydrogens (tertiary/aromatic N) is 1. The quantitative estimate of drug-likeness (QED) is 0.601. The van der Waals surface area contributed by atoms with Gasteiger partial charge in [-0.1, -0.05) is 11.6 Å². The number of hydrogen-bond acceptors (Lipinski definition) is 1. The van der Waals surface area contributed by atoms with Crippen LogP contribution < -0.4 is 5.73 Å². The molecule has 0 fully saturated rings. The van der Waals surface area contributed by atoms with Gasteiger partial charge in [0, 0.05) is 12.5 Å². The third-order valence-corrected chi connectivity index (χ3v) is 1.96. The van der Waals surface area contributed by atoms with Gasteiger partial charge in [0.2, 0.25) is 0 Å². The van der Waals surface area contributed by atoms with E-state index in [9.17, 15) is 8.78 Å². The van der Waals surface area contributed by atoms with Crippen LogP contribution in [0.15, 0.2) is 23.2 Å². The highest BCUT2D eigenvalue weighted by Gasteiger charge is 2.26. The molecule has 0 aliphatic heterocycles. The molecule has 14 heavy (non-hydrogen) atoms. The lowest BCUT2D eigenvalue weighted by Crippen LogP contribution is -2.07. The summed E-state index contributed by atoms with van der Waals surface area (Å²) < 4.78 is 25.8. The largest absolute Gasteiger partial charge is 0.390 e. The van der Waals surface area contributed by atoms with Crippen molar-refractivity contribution in [2.75, 3.05) is 0 Å². The first-order chi connectivity index (χ1) is 6.45. The van der Waals surface area contributed by atoms with E-state index in [0.29, 0.717) is 5.69 Å². The van der Waals surface area contributed by atoms with Crippen LogP contribution in [0.3, 0.4) is 0 Å². The van der Waals surface area contributed by atoms with Crippen LogP contribution in [0.2, 0.25) is 5.02 Å². The minimum absolute atomic E-state index is 0.0133. The summed E-state index contributed by atoms with van der Waals surface area (Å²) in [5.74, 6) is -2.94. The summed E-state index contributed by atoms with van der Waals surface area (Å²) >= 11 is 5.66. The van der Waals surface area contributed by atoms with E-state index in [2.05, 4.69) is 4.99 Å². The monoisotopic (exact) mass is 218 g/mol. The highest BCUT2D eigenvalue weighted by Crippen LogP contribution is 2.34. The van der Waals surface area contributed by atoms with Crippen LogP contribution in [0.4, 0.5) is 14.5 Å². The Hall–Kier alpha value is -1.16. The molecule has 0 aromatic heterocycles. The summed E-state index contributed by atoms with van der Waals surface area (Å²) in [5.41, 5.74) is 5.29. The number of benzene rings is 1. The average Bonchev–Trinajstić information content (AvgIpc) is 2.02. The zero-order valence-electron chi connectivity index (χ0n) is 7.47. The Morgan fingerprint density at radius 1 is 1.50 bits per heavy atom. The number of aliphatic imine (C=N–C) groups is 1. The lowest BCUT2D eigenvalue weighted by Gasteiger charge is -2.12. The second kappa shape index (κ2) is 3.92. The van der Waals surface area contributed by atoms with E-state index < -0.39 is 5.92 Å². The van der Waals surface area contributed by atoms with Gasteiger partial charge in [-0.3, -0.25) is 0 Å². The Morgan fingerprint density at radius 3 is 2.57 bits per heavy atom. The first-order valence-electron chi connectivity index (χ1n) is 3.87. The molecule has 0 bridgehead atoms. The summed E-state index contributed by atoms with van der Waals surface area (Å²) in [6.07, 6.45) is 1.08. The Balaban J connectivity index is 3.14. The van der Waals surface area contributed by atoms with Crippen LogP contribution in [0.5, 0.6) is 0 Å². The van der Waals surface area contributed by atoms with Crippen molar-refractivity contribution in [3.63, 3.8) is 0 Å². The van der Waals surface area contributed by atoms with Crippen LogP contribution in [-0.4, -0.2) is 6.34 Å². The van der Waals surface area contributed by atoms with E-state index >= 15 is 0 Å². The number of hydrogen-bond donors (Lipinski definition) is 1. The van der Waals surface area contributed by atoms with Gasteiger partial charge in [-0.25, -0.2) is 13.8 Å². The third kappa shape index (κ3) is 2.42. The number of nitrogens with two attached hydrogens (primary N) is 1. The van der Waals surface area contributed by atoms with Crippen LogP contribution in [0, 0.1) is 0 Å². The van der Waals surface area contributed by atoms with Crippen molar-refractivity contribution in [1.29, 1.82) is 0 Å². The molecule has 0 saturated carbocycles. The van der Waals surface area contributed by atoms with Gasteiger partial charge in [-0.15, -0.1) is 0 Å². The summed E-state index contributed by atoms with van der Waals surface area (Å²) in [6, 6.07) is 4.02. The molecule has 5 heteroatoms. The van der Waals surface area contributed by atoms with Gasteiger partial charge in [0.1, 0.15) is 0 Å². The molecule has 1 aromatic carbocycles. The molecule has 76 valence electrons. The highest BCUT2D eigenvalue weighted by atomic mass is 35.5. The van der Waals surface area contributed by atoms with Crippen LogP contribution >= 0.6 is 11.6 Å². The van der Waals surface area contributed by atoms with Gasteiger partial charge in [0.25, 0.3) is 5.92 Å². The molecule has 0 aliphatic rings. The molecule has 0 spiro atoms. The van der Waals surface area contributed by atoms with Crippen LogP contribution in [-0.2, 0) is 5.92 Å². The molecule has 0 saturated heterocycles. The zero-order chi connectivity index (χ0) is 10.8. The van der Waals surface area contributed by atoms with E-state index in [1.165, 1.54) is 18.2 Å². The minimum Gasteiger partial charge on any atom is -0.390 e. The Morgan fingerprint density at radius 2 is 2.14 bits per heavy atom. The first kappa shape index (κ1) is 10.9.